The SMILES string of the molecule is C1=CC2CC3(CC2C=C1)c1ccccc1-c1ccc(-c2c4ccc(N5CCCCC5)cc4c(-c4ccc5c(c4)C4(CC6C=CC=CC6C4)c4ccccc4-5)c4ccc(N5CCCCC5)cc24)cc13. The fourth-order valence-corrected chi connectivity index (χ4v) is 15.7. The van der Waals surface area contributed by atoms with E-state index in [2.05, 4.69) is 180 Å². The molecule has 0 aromatic heterocycles. The highest BCUT2D eigenvalue weighted by Crippen LogP contribution is 2.63. The van der Waals surface area contributed by atoms with Crippen molar-refractivity contribution >= 4 is 32.9 Å². The van der Waals surface area contributed by atoms with Gasteiger partial charge in [-0.1, -0.05) is 134 Å². The highest BCUT2D eigenvalue weighted by atomic mass is 15.1. The van der Waals surface area contributed by atoms with Crippen LogP contribution in [0.1, 0.15) is 86.5 Å². The predicted molar refractivity (Wildman–Crippen MR) is 286 cm³/mol. The molecule has 4 atom stereocenters. The van der Waals surface area contributed by atoms with E-state index in [4.69, 9.17) is 0 Å². The summed E-state index contributed by atoms with van der Waals surface area (Å²) in [5.74, 6) is 2.29. The van der Waals surface area contributed by atoms with Crippen LogP contribution in [0.3, 0.4) is 0 Å². The summed E-state index contributed by atoms with van der Waals surface area (Å²) >= 11 is 0. The second kappa shape index (κ2) is 15.1. The van der Waals surface area contributed by atoms with Gasteiger partial charge in [0, 0.05) is 48.4 Å². The highest BCUT2D eigenvalue weighted by Gasteiger charge is 2.52. The molecular weight excluding hydrogens is 821 g/mol. The molecule has 0 bridgehead atoms. The second-order valence-electron chi connectivity index (χ2n) is 22.1. The molecule has 2 aliphatic heterocycles. The van der Waals surface area contributed by atoms with Gasteiger partial charge < -0.3 is 9.80 Å². The molecule has 15 rings (SSSR count). The maximum Gasteiger partial charge on any atom is 0.0372 e. The third kappa shape index (κ3) is 5.70. The molecule has 2 heterocycles. The van der Waals surface area contributed by atoms with Gasteiger partial charge in [0.05, 0.1) is 0 Å². The third-order valence-corrected chi connectivity index (χ3v) is 18.7. The molecule has 0 radical (unpaired) electrons. The number of hydrogen-bond acceptors (Lipinski definition) is 2. The molecule has 2 heteroatoms. The Morgan fingerprint density at radius 3 is 1.13 bits per heavy atom. The van der Waals surface area contributed by atoms with Gasteiger partial charge in [0.25, 0.3) is 0 Å². The lowest BCUT2D eigenvalue weighted by Crippen LogP contribution is -2.29. The van der Waals surface area contributed by atoms with E-state index < -0.39 is 0 Å². The smallest absolute Gasteiger partial charge is 0.0372 e. The van der Waals surface area contributed by atoms with Gasteiger partial charge in [-0.15, -0.1) is 0 Å². The Morgan fingerprint density at radius 1 is 0.338 bits per heavy atom. The summed E-state index contributed by atoms with van der Waals surface area (Å²) in [5.41, 5.74) is 20.2. The first kappa shape index (κ1) is 39.6. The topological polar surface area (TPSA) is 6.48 Å². The van der Waals surface area contributed by atoms with E-state index in [0.717, 1.165) is 26.2 Å². The summed E-state index contributed by atoms with van der Waals surface area (Å²) in [7, 11) is 0. The number of nitrogens with zero attached hydrogens (tertiary/aromatic N) is 2. The van der Waals surface area contributed by atoms with Crippen molar-refractivity contribution in [3.63, 3.8) is 0 Å². The van der Waals surface area contributed by atoms with Gasteiger partial charge in [0.15, 0.2) is 0 Å². The van der Waals surface area contributed by atoms with Gasteiger partial charge >= 0.3 is 0 Å². The van der Waals surface area contributed by atoms with Gasteiger partial charge in [-0.3, -0.25) is 0 Å². The summed E-state index contributed by atoms with van der Waals surface area (Å²) in [6.45, 7) is 4.52. The third-order valence-electron chi connectivity index (χ3n) is 18.7. The Hall–Kier alpha value is -6.38. The zero-order valence-corrected chi connectivity index (χ0v) is 39.3. The monoisotopic (exact) mass is 880 g/mol. The van der Waals surface area contributed by atoms with Gasteiger partial charge in [0.2, 0.25) is 0 Å². The van der Waals surface area contributed by atoms with Crippen molar-refractivity contribution in [3.8, 4) is 44.5 Å². The molecule has 2 saturated heterocycles. The molecule has 0 N–H and O–H groups in total. The Morgan fingerprint density at radius 2 is 0.721 bits per heavy atom. The molecule has 2 spiro atoms. The van der Waals surface area contributed by atoms with Crippen LogP contribution in [-0.4, -0.2) is 26.2 Å². The highest BCUT2D eigenvalue weighted by molar-refractivity contribution is 6.22. The quantitative estimate of drug-likeness (QED) is 0.163. The fraction of sp³-hybridized carbons (Fsp3) is 0.303. The minimum absolute atomic E-state index is 0.00348. The molecule has 2 nitrogen and oxygen atoms in total. The molecule has 6 aliphatic carbocycles. The molecule has 4 unspecified atom stereocenters. The fourth-order valence-electron chi connectivity index (χ4n) is 15.7. The van der Waals surface area contributed by atoms with Crippen molar-refractivity contribution in [1.82, 2.24) is 0 Å². The van der Waals surface area contributed by atoms with Crippen molar-refractivity contribution in [2.24, 2.45) is 23.7 Å². The Balaban J connectivity index is 0.992. The summed E-state index contributed by atoms with van der Waals surface area (Å²) < 4.78 is 0. The summed E-state index contributed by atoms with van der Waals surface area (Å²) in [6, 6.07) is 49.4. The summed E-state index contributed by atoms with van der Waals surface area (Å²) in [5, 5.41) is 5.52. The minimum atomic E-state index is 0.00348. The number of hydrogen-bond donors (Lipinski definition) is 0. The predicted octanol–water partition coefficient (Wildman–Crippen LogP) is 16.1. The molecule has 334 valence electrons. The zero-order valence-electron chi connectivity index (χ0n) is 39.3. The van der Waals surface area contributed by atoms with Crippen molar-refractivity contribution in [1.29, 1.82) is 0 Å². The van der Waals surface area contributed by atoms with Gasteiger partial charge in [-0.25, -0.2) is 0 Å². The molecule has 8 aliphatic rings. The van der Waals surface area contributed by atoms with Gasteiger partial charge in [0.1, 0.15) is 0 Å². The Bertz CT molecular complexity index is 3100. The number of rotatable bonds is 4. The van der Waals surface area contributed by atoms with Crippen LogP contribution in [0.5, 0.6) is 0 Å². The molecule has 4 fully saturated rings. The van der Waals surface area contributed by atoms with Crippen molar-refractivity contribution in [2.75, 3.05) is 36.0 Å². The van der Waals surface area contributed by atoms with Crippen LogP contribution < -0.4 is 9.80 Å². The maximum absolute atomic E-state index is 2.68. The minimum Gasteiger partial charge on any atom is -0.372 e. The molecule has 0 amide bonds. The first-order valence-electron chi connectivity index (χ1n) is 26.4. The van der Waals surface area contributed by atoms with E-state index in [9.17, 15) is 0 Å². The number of benzene rings is 7. The van der Waals surface area contributed by atoms with E-state index in [1.807, 2.05) is 0 Å². The lowest BCUT2D eigenvalue weighted by atomic mass is 9.74. The average molecular weight is 881 g/mol. The molecule has 7 aromatic carbocycles. The summed E-state index contributed by atoms with van der Waals surface area (Å²) in [6.07, 6.45) is 31.6. The van der Waals surface area contributed by atoms with Crippen LogP contribution >= 0.6 is 0 Å². The van der Waals surface area contributed by atoms with E-state index in [1.165, 1.54) is 153 Å². The van der Waals surface area contributed by atoms with Crippen LogP contribution in [-0.2, 0) is 10.8 Å². The average Bonchev–Trinajstić information content (AvgIpc) is 4.14. The van der Waals surface area contributed by atoms with Gasteiger partial charge in [-0.2, -0.15) is 0 Å². The Labute approximate surface area is 402 Å². The molecule has 7 aromatic rings. The maximum atomic E-state index is 2.68. The number of allylic oxidation sites excluding steroid dienone is 8. The summed E-state index contributed by atoms with van der Waals surface area (Å²) in [4.78, 5) is 5.34. The van der Waals surface area contributed by atoms with Crippen LogP contribution in [0.4, 0.5) is 11.4 Å². The first-order chi connectivity index (χ1) is 33.6. The van der Waals surface area contributed by atoms with E-state index in [-0.39, 0.29) is 10.8 Å². The lowest BCUT2D eigenvalue weighted by Gasteiger charge is -2.31. The Kier molecular flexibility index (Phi) is 8.77. The lowest BCUT2D eigenvalue weighted by molar-refractivity contribution is 0.530. The number of fused-ring (bicyclic) bond motifs is 14. The van der Waals surface area contributed by atoms with E-state index in [0.29, 0.717) is 23.7 Å². The van der Waals surface area contributed by atoms with Crippen LogP contribution in [0.25, 0.3) is 66.1 Å². The number of anilines is 2. The van der Waals surface area contributed by atoms with E-state index in [1.54, 1.807) is 11.1 Å². The number of piperidine rings is 2. The molecular formula is C66H60N2. The van der Waals surface area contributed by atoms with Crippen molar-refractivity contribution in [3.05, 3.63) is 192 Å². The van der Waals surface area contributed by atoms with Crippen molar-refractivity contribution < 1.29 is 0 Å². The zero-order chi connectivity index (χ0) is 44.6. The standard InChI is InChI=1S/C66H60N2/c1-11-31-67(32-12-1)49-25-29-55-57(37-49)63(43-23-27-53-51-19-7-9-21-59(51)65(61(53)35-43)39-45-15-3-4-16-46(45)40-65)56-30-26-50(68-33-13-2-14-34-68)38-58(56)64(55)44-24-28-54-52-20-8-10-22-60(52)66(62(54)36-44)41-47-17-5-6-18-48(47)42-66/h3-10,15-30,35-38,45-48H,1-2,11-14,31-34,39-42H2. The second-order valence-corrected chi connectivity index (χ2v) is 22.1. The normalized spacial score (nSPS) is 27.0. The van der Waals surface area contributed by atoms with Gasteiger partial charge in [-0.05, 0) is 213 Å². The molecule has 68 heavy (non-hydrogen) atoms. The molecule has 2 saturated carbocycles. The van der Waals surface area contributed by atoms with E-state index >= 15 is 0 Å². The van der Waals surface area contributed by atoms with Crippen LogP contribution in [0, 0.1) is 23.7 Å². The largest absolute Gasteiger partial charge is 0.372 e. The van der Waals surface area contributed by atoms with Crippen LogP contribution in [0.2, 0.25) is 0 Å². The van der Waals surface area contributed by atoms with Crippen molar-refractivity contribution in [2.45, 2.75) is 75.0 Å². The van der Waals surface area contributed by atoms with Crippen LogP contribution in [0.15, 0.2) is 170 Å². The first-order valence-corrected chi connectivity index (χ1v) is 26.4.